The molecule has 1 aliphatic rings. The first kappa shape index (κ1) is 9.56. The van der Waals surface area contributed by atoms with E-state index >= 15 is 0 Å². The summed E-state index contributed by atoms with van der Waals surface area (Å²) in [5, 5.41) is 4.47. The first-order chi connectivity index (χ1) is 6.77. The molecule has 78 valence electrons. The largest absolute Gasteiger partial charge is 0.384 e. The molecule has 0 aromatic carbocycles. The fourth-order valence-corrected chi connectivity index (χ4v) is 2.33. The van der Waals surface area contributed by atoms with Gasteiger partial charge in [-0.3, -0.25) is 0 Å². The van der Waals surface area contributed by atoms with Gasteiger partial charge in [-0.2, -0.15) is 5.10 Å². The van der Waals surface area contributed by atoms with Gasteiger partial charge in [0, 0.05) is 6.07 Å². The van der Waals surface area contributed by atoms with E-state index in [1.54, 1.807) is 0 Å². The van der Waals surface area contributed by atoms with E-state index < -0.39 is 0 Å². The lowest BCUT2D eigenvalue weighted by molar-refractivity contribution is 0.409. The van der Waals surface area contributed by atoms with Gasteiger partial charge in [-0.15, -0.1) is 0 Å². The number of aromatic nitrogens is 2. The normalized spacial score (nSPS) is 19.5. The van der Waals surface area contributed by atoms with E-state index in [0.717, 1.165) is 11.5 Å². The zero-order valence-corrected chi connectivity index (χ0v) is 8.87. The van der Waals surface area contributed by atoms with Crippen LogP contribution in [0, 0.1) is 6.92 Å². The van der Waals surface area contributed by atoms with Crippen LogP contribution in [0.15, 0.2) is 6.07 Å². The number of aryl methyl sites for hydroxylation is 1. The summed E-state index contributed by atoms with van der Waals surface area (Å²) in [6.45, 7) is 2.00. The lowest BCUT2D eigenvalue weighted by Crippen LogP contribution is -2.12. The van der Waals surface area contributed by atoms with Crippen LogP contribution < -0.4 is 5.73 Å². The Hall–Kier alpha value is -0.990. The zero-order chi connectivity index (χ0) is 9.97. The molecule has 1 heterocycles. The smallest absolute Gasteiger partial charge is 0.122 e. The summed E-state index contributed by atoms with van der Waals surface area (Å²) in [6.07, 6.45) is 7.87. The van der Waals surface area contributed by atoms with Crippen LogP contribution in [-0.4, -0.2) is 9.78 Å². The molecule has 1 fully saturated rings. The van der Waals surface area contributed by atoms with Crippen molar-refractivity contribution in [3.05, 3.63) is 11.8 Å². The molecule has 3 heteroatoms. The molecule has 0 spiro atoms. The number of nitrogen functional groups attached to an aromatic ring is 1. The van der Waals surface area contributed by atoms with Crippen molar-refractivity contribution in [2.75, 3.05) is 5.73 Å². The minimum absolute atomic E-state index is 0.547. The molecule has 0 amide bonds. The molecular weight excluding hydrogens is 174 g/mol. The highest BCUT2D eigenvalue weighted by Crippen LogP contribution is 2.28. The number of hydrogen-bond donors (Lipinski definition) is 1. The Balaban J connectivity index is 2.15. The van der Waals surface area contributed by atoms with Crippen LogP contribution in [0.5, 0.6) is 0 Å². The highest BCUT2D eigenvalue weighted by Gasteiger charge is 2.16. The summed E-state index contributed by atoms with van der Waals surface area (Å²) in [7, 11) is 0. The van der Waals surface area contributed by atoms with E-state index in [0.29, 0.717) is 6.04 Å². The topological polar surface area (TPSA) is 43.8 Å². The maximum absolute atomic E-state index is 5.92. The van der Waals surface area contributed by atoms with Crippen molar-refractivity contribution < 1.29 is 0 Å². The van der Waals surface area contributed by atoms with E-state index in [1.165, 1.54) is 38.5 Å². The Morgan fingerprint density at radius 3 is 2.43 bits per heavy atom. The zero-order valence-electron chi connectivity index (χ0n) is 8.87. The molecule has 1 aromatic rings. The third-order valence-electron chi connectivity index (χ3n) is 3.06. The first-order valence-electron chi connectivity index (χ1n) is 5.59. The van der Waals surface area contributed by atoms with Crippen molar-refractivity contribution >= 4 is 5.82 Å². The Bertz CT molecular complexity index is 295. The summed E-state index contributed by atoms with van der Waals surface area (Å²) < 4.78 is 2.03. The van der Waals surface area contributed by atoms with E-state index in [4.69, 9.17) is 5.73 Å². The predicted molar refractivity (Wildman–Crippen MR) is 58.1 cm³/mol. The molecule has 0 radical (unpaired) electrons. The molecule has 2 N–H and O–H groups in total. The van der Waals surface area contributed by atoms with Crippen molar-refractivity contribution in [3.8, 4) is 0 Å². The fourth-order valence-electron chi connectivity index (χ4n) is 2.33. The average Bonchev–Trinajstić information content (AvgIpc) is 2.43. The molecule has 0 saturated heterocycles. The standard InChI is InChI=1S/C11H19N3/c1-9-8-11(12)14(13-9)10-6-4-2-3-5-7-10/h8,10H,2-7,12H2,1H3. The monoisotopic (exact) mass is 193 g/mol. The van der Waals surface area contributed by atoms with Gasteiger partial charge in [-0.1, -0.05) is 25.7 Å². The highest BCUT2D eigenvalue weighted by molar-refractivity contribution is 5.30. The van der Waals surface area contributed by atoms with Crippen molar-refractivity contribution in [1.29, 1.82) is 0 Å². The molecule has 1 aromatic heterocycles. The van der Waals surface area contributed by atoms with Crippen LogP contribution >= 0.6 is 0 Å². The summed E-state index contributed by atoms with van der Waals surface area (Å²) >= 11 is 0. The van der Waals surface area contributed by atoms with Gasteiger partial charge in [0.25, 0.3) is 0 Å². The molecule has 0 bridgehead atoms. The molecule has 1 aliphatic carbocycles. The van der Waals surface area contributed by atoms with Gasteiger partial charge in [-0.05, 0) is 19.8 Å². The number of nitrogens with zero attached hydrogens (tertiary/aromatic N) is 2. The van der Waals surface area contributed by atoms with Crippen molar-refractivity contribution in [1.82, 2.24) is 9.78 Å². The molecule has 0 atom stereocenters. The van der Waals surface area contributed by atoms with E-state index in [2.05, 4.69) is 5.10 Å². The predicted octanol–water partition coefficient (Wildman–Crippen LogP) is 2.67. The molecule has 0 unspecified atom stereocenters. The molecule has 3 nitrogen and oxygen atoms in total. The minimum atomic E-state index is 0.547. The van der Waals surface area contributed by atoms with Crippen LogP contribution in [-0.2, 0) is 0 Å². The molecular formula is C11H19N3. The molecule has 14 heavy (non-hydrogen) atoms. The third-order valence-corrected chi connectivity index (χ3v) is 3.06. The summed E-state index contributed by atoms with van der Waals surface area (Å²) in [5.41, 5.74) is 6.96. The van der Waals surface area contributed by atoms with Crippen LogP contribution in [0.2, 0.25) is 0 Å². The second-order valence-electron chi connectivity index (χ2n) is 4.30. The number of anilines is 1. The maximum atomic E-state index is 5.92. The lowest BCUT2D eigenvalue weighted by atomic mass is 10.1. The Kier molecular flexibility index (Phi) is 2.75. The maximum Gasteiger partial charge on any atom is 0.122 e. The SMILES string of the molecule is Cc1cc(N)n(C2CCCCCC2)n1. The van der Waals surface area contributed by atoms with Gasteiger partial charge in [0.2, 0.25) is 0 Å². The summed E-state index contributed by atoms with van der Waals surface area (Å²) in [4.78, 5) is 0. The van der Waals surface area contributed by atoms with E-state index in [-0.39, 0.29) is 0 Å². The summed E-state index contributed by atoms with van der Waals surface area (Å²) in [5.74, 6) is 0.828. The lowest BCUT2D eigenvalue weighted by Gasteiger charge is -2.15. The van der Waals surface area contributed by atoms with Crippen LogP contribution in [0.25, 0.3) is 0 Å². The van der Waals surface area contributed by atoms with Gasteiger partial charge < -0.3 is 5.73 Å². The van der Waals surface area contributed by atoms with Crippen molar-refractivity contribution in [2.24, 2.45) is 0 Å². The average molecular weight is 193 g/mol. The Morgan fingerprint density at radius 2 is 1.93 bits per heavy atom. The van der Waals surface area contributed by atoms with Crippen LogP contribution in [0.4, 0.5) is 5.82 Å². The minimum Gasteiger partial charge on any atom is -0.384 e. The number of hydrogen-bond acceptors (Lipinski definition) is 2. The molecule has 2 rings (SSSR count). The Morgan fingerprint density at radius 1 is 1.29 bits per heavy atom. The van der Waals surface area contributed by atoms with E-state index in [9.17, 15) is 0 Å². The van der Waals surface area contributed by atoms with Gasteiger partial charge >= 0.3 is 0 Å². The second-order valence-corrected chi connectivity index (χ2v) is 4.30. The second kappa shape index (κ2) is 4.03. The quantitative estimate of drug-likeness (QED) is 0.697. The van der Waals surface area contributed by atoms with Gasteiger partial charge in [0.1, 0.15) is 5.82 Å². The van der Waals surface area contributed by atoms with Gasteiger partial charge in [0.05, 0.1) is 11.7 Å². The number of nitrogens with two attached hydrogens (primary N) is 1. The third kappa shape index (κ3) is 1.91. The summed E-state index contributed by atoms with van der Waals surface area (Å²) in [6, 6.07) is 2.51. The number of rotatable bonds is 1. The Labute approximate surface area is 85.3 Å². The fraction of sp³-hybridized carbons (Fsp3) is 0.727. The van der Waals surface area contributed by atoms with Gasteiger partial charge in [-0.25, -0.2) is 4.68 Å². The van der Waals surface area contributed by atoms with Gasteiger partial charge in [0.15, 0.2) is 0 Å². The first-order valence-corrected chi connectivity index (χ1v) is 5.59. The van der Waals surface area contributed by atoms with Crippen molar-refractivity contribution in [2.45, 2.75) is 51.5 Å². The molecule has 1 saturated carbocycles. The van der Waals surface area contributed by atoms with Crippen molar-refractivity contribution in [3.63, 3.8) is 0 Å². The van der Waals surface area contributed by atoms with E-state index in [1.807, 2.05) is 17.7 Å². The van der Waals surface area contributed by atoms with Crippen LogP contribution in [0.1, 0.15) is 50.3 Å². The van der Waals surface area contributed by atoms with Crippen LogP contribution in [0.3, 0.4) is 0 Å². The highest BCUT2D eigenvalue weighted by atomic mass is 15.3. The molecule has 0 aliphatic heterocycles.